The van der Waals surface area contributed by atoms with Gasteiger partial charge in [-0.15, -0.1) is 0 Å². The van der Waals surface area contributed by atoms with Gasteiger partial charge in [-0.05, 0) is 25.0 Å². The van der Waals surface area contributed by atoms with Crippen LogP contribution < -0.4 is 5.32 Å². The van der Waals surface area contributed by atoms with Gasteiger partial charge in [0.25, 0.3) is 5.91 Å². The molecule has 1 aliphatic carbocycles. The summed E-state index contributed by atoms with van der Waals surface area (Å²) in [5.74, 6) is 0.261. The van der Waals surface area contributed by atoms with Crippen molar-refractivity contribution >= 4 is 32.8 Å². The maximum absolute atomic E-state index is 12.0. The Morgan fingerprint density at radius 3 is 2.82 bits per heavy atom. The Bertz CT molecular complexity index is 539. The molecular weight excluding hydrogens is 282 g/mol. The third kappa shape index (κ3) is 1.97. The van der Waals surface area contributed by atoms with Crippen LogP contribution in [0, 0.1) is 0 Å². The number of carbonyl (C=O) groups excluding carboxylic acids is 1. The molecule has 17 heavy (non-hydrogen) atoms. The summed E-state index contributed by atoms with van der Waals surface area (Å²) in [6, 6.07) is 9.42. The maximum Gasteiger partial charge on any atom is 0.287 e. The van der Waals surface area contributed by atoms with Crippen LogP contribution in [0.4, 0.5) is 0 Å². The van der Waals surface area contributed by atoms with E-state index in [1.54, 1.807) is 6.07 Å². The molecule has 1 aliphatic rings. The average molecular weight is 294 g/mol. The monoisotopic (exact) mass is 293 g/mol. The Morgan fingerprint density at radius 2 is 2.18 bits per heavy atom. The Morgan fingerprint density at radius 1 is 1.41 bits per heavy atom. The van der Waals surface area contributed by atoms with Crippen LogP contribution in [-0.2, 0) is 0 Å². The van der Waals surface area contributed by atoms with Gasteiger partial charge in [-0.1, -0.05) is 34.1 Å². The van der Waals surface area contributed by atoms with E-state index in [1.807, 2.05) is 24.3 Å². The van der Waals surface area contributed by atoms with Crippen molar-refractivity contribution in [3.05, 3.63) is 36.1 Å². The normalized spacial score (nSPS) is 17.0. The predicted molar refractivity (Wildman–Crippen MR) is 69.4 cm³/mol. The SMILES string of the molecule is O=C(NC1(CBr)CC1)c1cc2ccccc2o1. The highest BCUT2D eigenvalue weighted by atomic mass is 79.9. The van der Waals surface area contributed by atoms with Crippen molar-refractivity contribution in [3.8, 4) is 0 Å². The van der Waals surface area contributed by atoms with Crippen molar-refractivity contribution in [2.45, 2.75) is 18.4 Å². The third-order valence-electron chi connectivity index (χ3n) is 3.14. The van der Waals surface area contributed by atoms with E-state index >= 15 is 0 Å². The van der Waals surface area contributed by atoms with Crippen LogP contribution in [0.2, 0.25) is 0 Å². The number of hydrogen-bond donors (Lipinski definition) is 1. The predicted octanol–water partition coefficient (Wildman–Crippen LogP) is 3.09. The standard InChI is InChI=1S/C13H12BrNO2/c14-8-13(5-6-13)15-12(16)11-7-9-3-1-2-4-10(9)17-11/h1-4,7H,5-6,8H2,(H,15,16). The number of carbonyl (C=O) groups is 1. The molecule has 0 bridgehead atoms. The molecule has 88 valence electrons. The van der Waals surface area contributed by atoms with Crippen LogP contribution in [0.1, 0.15) is 23.4 Å². The number of hydrogen-bond acceptors (Lipinski definition) is 2. The van der Waals surface area contributed by atoms with Crippen molar-refractivity contribution in [2.24, 2.45) is 0 Å². The summed E-state index contributed by atoms with van der Waals surface area (Å²) in [7, 11) is 0. The van der Waals surface area contributed by atoms with Crippen LogP contribution in [-0.4, -0.2) is 16.8 Å². The summed E-state index contributed by atoms with van der Waals surface area (Å²) in [4.78, 5) is 12.0. The van der Waals surface area contributed by atoms with Crippen molar-refractivity contribution in [1.29, 1.82) is 0 Å². The summed E-state index contributed by atoms with van der Waals surface area (Å²) >= 11 is 3.42. The lowest BCUT2D eigenvalue weighted by Gasteiger charge is -2.12. The third-order valence-corrected chi connectivity index (χ3v) is 4.21. The average Bonchev–Trinajstić information content (AvgIpc) is 2.98. The molecular formula is C13H12BrNO2. The minimum absolute atomic E-state index is 0.0456. The molecule has 0 spiro atoms. The highest BCUT2D eigenvalue weighted by Crippen LogP contribution is 2.37. The summed E-state index contributed by atoms with van der Waals surface area (Å²) < 4.78 is 5.52. The minimum Gasteiger partial charge on any atom is -0.451 e. The first-order valence-corrected chi connectivity index (χ1v) is 6.72. The van der Waals surface area contributed by atoms with Gasteiger partial charge in [-0.3, -0.25) is 4.79 Å². The van der Waals surface area contributed by atoms with E-state index in [-0.39, 0.29) is 11.4 Å². The van der Waals surface area contributed by atoms with Gasteiger partial charge in [0.1, 0.15) is 5.58 Å². The van der Waals surface area contributed by atoms with Gasteiger partial charge in [0.15, 0.2) is 5.76 Å². The van der Waals surface area contributed by atoms with Gasteiger partial charge in [0, 0.05) is 10.7 Å². The smallest absolute Gasteiger partial charge is 0.287 e. The van der Waals surface area contributed by atoms with Crippen molar-refractivity contribution in [2.75, 3.05) is 5.33 Å². The number of furan rings is 1. The first-order valence-electron chi connectivity index (χ1n) is 5.59. The number of nitrogens with one attached hydrogen (secondary N) is 1. The van der Waals surface area contributed by atoms with Crippen LogP contribution in [0.25, 0.3) is 11.0 Å². The second-order valence-corrected chi connectivity index (χ2v) is 5.08. The van der Waals surface area contributed by atoms with Gasteiger partial charge in [0.2, 0.25) is 0 Å². The number of rotatable bonds is 3. The highest BCUT2D eigenvalue weighted by molar-refractivity contribution is 9.09. The molecule has 0 saturated heterocycles. The topological polar surface area (TPSA) is 42.2 Å². The zero-order chi connectivity index (χ0) is 11.9. The molecule has 3 rings (SSSR count). The largest absolute Gasteiger partial charge is 0.451 e. The molecule has 1 aromatic heterocycles. The van der Waals surface area contributed by atoms with E-state index in [2.05, 4.69) is 21.2 Å². The Kier molecular flexibility index (Phi) is 2.47. The maximum atomic E-state index is 12.0. The lowest BCUT2D eigenvalue weighted by atomic mass is 10.2. The molecule has 2 aromatic rings. The van der Waals surface area contributed by atoms with E-state index in [9.17, 15) is 4.79 Å². The molecule has 1 heterocycles. The molecule has 0 atom stereocenters. The number of benzene rings is 1. The number of fused-ring (bicyclic) bond motifs is 1. The van der Waals surface area contributed by atoms with E-state index < -0.39 is 0 Å². The molecule has 1 fully saturated rings. The van der Waals surface area contributed by atoms with E-state index in [4.69, 9.17) is 4.42 Å². The van der Waals surface area contributed by atoms with Crippen LogP contribution >= 0.6 is 15.9 Å². The van der Waals surface area contributed by atoms with E-state index in [1.165, 1.54) is 0 Å². The Labute approximate surface area is 107 Å². The number of halogens is 1. The van der Waals surface area contributed by atoms with Crippen molar-refractivity contribution < 1.29 is 9.21 Å². The zero-order valence-corrected chi connectivity index (χ0v) is 10.8. The fraction of sp³-hybridized carbons (Fsp3) is 0.308. The fourth-order valence-electron chi connectivity index (χ4n) is 1.84. The van der Waals surface area contributed by atoms with Crippen molar-refractivity contribution in [1.82, 2.24) is 5.32 Å². The van der Waals surface area contributed by atoms with E-state index in [0.717, 1.165) is 29.1 Å². The van der Waals surface area contributed by atoms with Gasteiger partial charge >= 0.3 is 0 Å². The lowest BCUT2D eigenvalue weighted by molar-refractivity contribution is 0.0910. The van der Waals surface area contributed by atoms with Crippen LogP contribution in [0.3, 0.4) is 0 Å². The van der Waals surface area contributed by atoms with Crippen LogP contribution in [0.5, 0.6) is 0 Å². The molecule has 0 unspecified atom stereocenters. The zero-order valence-electron chi connectivity index (χ0n) is 9.20. The molecule has 1 N–H and O–H groups in total. The quantitative estimate of drug-likeness (QED) is 0.884. The minimum atomic E-state index is -0.127. The van der Waals surface area contributed by atoms with Gasteiger partial charge in [-0.2, -0.15) is 0 Å². The molecule has 1 aromatic carbocycles. The number of para-hydroxylation sites is 1. The lowest BCUT2D eigenvalue weighted by Crippen LogP contribution is -2.37. The fourth-order valence-corrected chi connectivity index (χ4v) is 2.54. The van der Waals surface area contributed by atoms with Gasteiger partial charge in [-0.25, -0.2) is 0 Å². The summed E-state index contributed by atoms with van der Waals surface area (Å²) in [6.07, 6.45) is 2.06. The van der Waals surface area contributed by atoms with Crippen LogP contribution in [0.15, 0.2) is 34.7 Å². The van der Waals surface area contributed by atoms with E-state index in [0.29, 0.717) is 5.76 Å². The molecule has 0 aliphatic heterocycles. The molecule has 4 heteroatoms. The second kappa shape index (κ2) is 3.88. The molecule has 1 saturated carbocycles. The highest BCUT2D eigenvalue weighted by Gasteiger charge is 2.43. The summed E-state index contributed by atoms with van der Waals surface area (Å²) in [5, 5.41) is 4.77. The van der Waals surface area contributed by atoms with Gasteiger partial charge in [0.05, 0.1) is 5.54 Å². The van der Waals surface area contributed by atoms with Crippen molar-refractivity contribution in [3.63, 3.8) is 0 Å². The summed E-state index contributed by atoms with van der Waals surface area (Å²) in [5.41, 5.74) is 0.706. The first kappa shape index (κ1) is 10.8. The first-order chi connectivity index (χ1) is 8.22. The molecule has 3 nitrogen and oxygen atoms in total. The Hall–Kier alpha value is -1.29. The molecule has 0 radical (unpaired) electrons. The second-order valence-electron chi connectivity index (χ2n) is 4.52. The number of alkyl halides is 1. The Balaban J connectivity index is 1.86. The molecule has 1 amide bonds. The number of amides is 1. The summed E-state index contributed by atoms with van der Waals surface area (Å²) in [6.45, 7) is 0. The van der Waals surface area contributed by atoms with Gasteiger partial charge < -0.3 is 9.73 Å².